The smallest absolute Gasteiger partial charge is 0.244 e. The van der Waals surface area contributed by atoms with Gasteiger partial charge in [-0.3, -0.25) is 13.9 Å². The third-order valence-corrected chi connectivity index (χ3v) is 6.68. The molecule has 186 valence electrons. The molecule has 0 heterocycles. The number of nitrogens with one attached hydrogen (secondary N) is 1. The Kier molecular flexibility index (Phi) is 9.79. The molecule has 10 heteroatoms. The normalized spacial score (nSPS) is 12.4. The maximum absolute atomic E-state index is 13.5. The Balaban J connectivity index is 2.40. The second kappa shape index (κ2) is 11.9. The van der Waals surface area contributed by atoms with Crippen LogP contribution in [0.1, 0.15) is 31.9 Å². The molecule has 7 nitrogen and oxygen atoms in total. The lowest BCUT2D eigenvalue weighted by molar-refractivity contribution is -0.139. The molecule has 0 aliphatic carbocycles. The predicted octanol–water partition coefficient (Wildman–Crippen LogP) is 4.26. The van der Waals surface area contributed by atoms with Crippen molar-refractivity contribution in [3.63, 3.8) is 0 Å². The second-order valence-electron chi connectivity index (χ2n) is 8.72. The molecule has 2 aromatic rings. The molecule has 0 bridgehead atoms. The van der Waals surface area contributed by atoms with E-state index in [4.69, 9.17) is 23.2 Å². The zero-order valence-corrected chi connectivity index (χ0v) is 22.3. The van der Waals surface area contributed by atoms with Crippen LogP contribution in [-0.4, -0.2) is 50.5 Å². The van der Waals surface area contributed by atoms with Crippen LogP contribution < -0.4 is 9.62 Å². The van der Waals surface area contributed by atoms with Gasteiger partial charge in [-0.1, -0.05) is 66.9 Å². The lowest BCUT2D eigenvalue weighted by Gasteiger charge is -2.31. The molecule has 0 aliphatic rings. The highest BCUT2D eigenvalue weighted by Crippen LogP contribution is 2.27. The highest BCUT2D eigenvalue weighted by Gasteiger charge is 2.30. The first kappa shape index (κ1) is 28.0. The number of benzene rings is 2. The Bertz CT molecular complexity index is 1120. The summed E-state index contributed by atoms with van der Waals surface area (Å²) in [5.41, 5.74) is 2.00. The van der Waals surface area contributed by atoms with Crippen molar-refractivity contribution >= 4 is 50.7 Å². The monoisotopic (exact) mass is 527 g/mol. The summed E-state index contributed by atoms with van der Waals surface area (Å²) in [5.74, 6) is -0.605. The third-order valence-electron chi connectivity index (χ3n) is 5.10. The zero-order valence-electron chi connectivity index (χ0n) is 20.0. The fourth-order valence-corrected chi connectivity index (χ4v) is 4.69. The topological polar surface area (TPSA) is 86.8 Å². The predicted molar refractivity (Wildman–Crippen MR) is 138 cm³/mol. The highest BCUT2D eigenvalue weighted by atomic mass is 35.5. The van der Waals surface area contributed by atoms with Crippen molar-refractivity contribution in [2.24, 2.45) is 5.92 Å². The Morgan fingerprint density at radius 1 is 1.03 bits per heavy atom. The van der Waals surface area contributed by atoms with Crippen molar-refractivity contribution in [3.05, 3.63) is 63.6 Å². The number of sulfonamides is 1. The number of amides is 2. The van der Waals surface area contributed by atoms with Crippen LogP contribution in [0.5, 0.6) is 0 Å². The molecule has 0 spiro atoms. The Hall–Kier alpha value is -2.29. The number of hydrogen-bond acceptors (Lipinski definition) is 4. The standard InChI is InChI=1S/C24H31Cl2N3O4S/c1-16(2)13-27-24(31)18(4)28(14-19-8-6-7-17(3)9-19)23(30)15-29(34(5,32)33)22-11-20(25)10-21(26)12-22/h6-12,16,18H,13-15H2,1-5H3,(H,27,31). The molecular weight excluding hydrogens is 497 g/mol. The minimum Gasteiger partial charge on any atom is -0.354 e. The molecule has 0 saturated carbocycles. The Labute approximate surface area is 212 Å². The van der Waals surface area contributed by atoms with E-state index in [0.717, 1.165) is 21.7 Å². The highest BCUT2D eigenvalue weighted by molar-refractivity contribution is 7.92. The Morgan fingerprint density at radius 3 is 2.18 bits per heavy atom. The molecule has 0 fully saturated rings. The molecule has 0 radical (unpaired) electrons. The van der Waals surface area contributed by atoms with Crippen LogP contribution in [-0.2, 0) is 26.2 Å². The number of anilines is 1. The summed E-state index contributed by atoms with van der Waals surface area (Å²) < 4.78 is 26.1. The van der Waals surface area contributed by atoms with Gasteiger partial charge in [0.05, 0.1) is 11.9 Å². The molecule has 2 rings (SSSR count). The summed E-state index contributed by atoms with van der Waals surface area (Å²) in [6.07, 6.45) is 0.999. The van der Waals surface area contributed by atoms with E-state index in [1.807, 2.05) is 45.0 Å². The van der Waals surface area contributed by atoms with Crippen molar-refractivity contribution in [2.75, 3.05) is 23.7 Å². The van der Waals surface area contributed by atoms with Crippen LogP contribution in [0.25, 0.3) is 0 Å². The lowest BCUT2D eigenvalue weighted by atomic mass is 10.1. The summed E-state index contributed by atoms with van der Waals surface area (Å²) >= 11 is 12.1. The fourth-order valence-electron chi connectivity index (χ4n) is 3.34. The van der Waals surface area contributed by atoms with Crippen molar-refractivity contribution in [1.82, 2.24) is 10.2 Å². The van der Waals surface area contributed by atoms with Gasteiger partial charge in [-0.15, -0.1) is 0 Å². The molecule has 1 atom stereocenters. The Morgan fingerprint density at radius 2 is 1.65 bits per heavy atom. The fraction of sp³-hybridized carbons (Fsp3) is 0.417. The summed E-state index contributed by atoms with van der Waals surface area (Å²) in [7, 11) is -3.86. The summed E-state index contributed by atoms with van der Waals surface area (Å²) in [5, 5.41) is 3.32. The van der Waals surface area contributed by atoms with E-state index in [1.165, 1.54) is 23.1 Å². The molecule has 1 N–H and O–H groups in total. The van der Waals surface area contributed by atoms with Crippen LogP contribution >= 0.6 is 23.2 Å². The van der Waals surface area contributed by atoms with Gasteiger partial charge in [-0.2, -0.15) is 0 Å². The van der Waals surface area contributed by atoms with Crippen LogP contribution in [0.2, 0.25) is 10.0 Å². The largest absolute Gasteiger partial charge is 0.354 e. The quantitative estimate of drug-likeness (QED) is 0.500. The van der Waals surface area contributed by atoms with Crippen molar-refractivity contribution in [1.29, 1.82) is 0 Å². The van der Waals surface area contributed by atoms with E-state index in [1.54, 1.807) is 6.92 Å². The average Bonchev–Trinajstić information content (AvgIpc) is 2.71. The maximum Gasteiger partial charge on any atom is 0.244 e. The van der Waals surface area contributed by atoms with Gasteiger partial charge in [0.2, 0.25) is 21.8 Å². The van der Waals surface area contributed by atoms with Gasteiger partial charge in [-0.05, 0) is 43.5 Å². The maximum atomic E-state index is 13.5. The lowest BCUT2D eigenvalue weighted by Crippen LogP contribution is -2.51. The van der Waals surface area contributed by atoms with E-state index in [-0.39, 0.29) is 34.1 Å². The average molecular weight is 529 g/mol. The molecule has 0 saturated heterocycles. The van der Waals surface area contributed by atoms with Crippen molar-refractivity contribution < 1.29 is 18.0 Å². The summed E-state index contributed by atoms with van der Waals surface area (Å²) in [4.78, 5) is 27.7. The van der Waals surface area contributed by atoms with E-state index < -0.39 is 28.5 Å². The number of aryl methyl sites for hydroxylation is 1. The van der Waals surface area contributed by atoms with Crippen LogP contribution in [0.15, 0.2) is 42.5 Å². The van der Waals surface area contributed by atoms with E-state index in [2.05, 4.69) is 5.32 Å². The minimum absolute atomic E-state index is 0.144. The van der Waals surface area contributed by atoms with Crippen LogP contribution in [0.4, 0.5) is 5.69 Å². The number of hydrogen-bond donors (Lipinski definition) is 1. The first-order valence-electron chi connectivity index (χ1n) is 10.8. The first-order chi connectivity index (χ1) is 15.8. The van der Waals surface area contributed by atoms with E-state index in [0.29, 0.717) is 6.54 Å². The molecule has 1 unspecified atom stereocenters. The SMILES string of the molecule is Cc1cccc(CN(C(=O)CN(c2cc(Cl)cc(Cl)c2)S(C)(=O)=O)C(C)C(=O)NCC(C)C)c1. The zero-order chi connectivity index (χ0) is 25.6. The summed E-state index contributed by atoms with van der Waals surface area (Å²) in [6.45, 7) is 7.61. The molecule has 0 aliphatic heterocycles. The van der Waals surface area contributed by atoms with Crippen molar-refractivity contribution in [2.45, 2.75) is 40.3 Å². The molecule has 2 amide bonds. The number of carbonyl (C=O) groups excluding carboxylic acids is 2. The number of carbonyl (C=O) groups is 2. The first-order valence-corrected chi connectivity index (χ1v) is 13.4. The van der Waals surface area contributed by atoms with Crippen molar-refractivity contribution in [3.8, 4) is 0 Å². The molecular formula is C24H31Cl2N3O4S. The number of rotatable bonds is 10. The minimum atomic E-state index is -3.86. The van der Waals surface area contributed by atoms with E-state index >= 15 is 0 Å². The van der Waals surface area contributed by atoms with Gasteiger partial charge in [-0.25, -0.2) is 8.42 Å². The molecule has 0 aromatic heterocycles. The van der Waals surface area contributed by atoms with Crippen LogP contribution in [0, 0.1) is 12.8 Å². The third kappa shape index (κ3) is 8.18. The second-order valence-corrected chi connectivity index (χ2v) is 11.5. The van der Waals surface area contributed by atoms with Gasteiger partial charge in [0.25, 0.3) is 0 Å². The van der Waals surface area contributed by atoms with Gasteiger partial charge < -0.3 is 10.2 Å². The molecule has 2 aromatic carbocycles. The van der Waals surface area contributed by atoms with Crippen LogP contribution in [0.3, 0.4) is 0 Å². The molecule has 34 heavy (non-hydrogen) atoms. The summed E-state index contributed by atoms with van der Waals surface area (Å²) in [6, 6.07) is 11.1. The van der Waals surface area contributed by atoms with Gasteiger partial charge in [0, 0.05) is 23.1 Å². The number of nitrogens with zero attached hydrogens (tertiary/aromatic N) is 2. The van der Waals surface area contributed by atoms with Gasteiger partial charge in [0.15, 0.2) is 0 Å². The number of halogens is 2. The van der Waals surface area contributed by atoms with E-state index in [9.17, 15) is 18.0 Å². The van der Waals surface area contributed by atoms with Gasteiger partial charge >= 0.3 is 0 Å². The van der Waals surface area contributed by atoms with Gasteiger partial charge in [0.1, 0.15) is 12.6 Å².